The van der Waals surface area contributed by atoms with Gasteiger partial charge in [0.1, 0.15) is 0 Å². The van der Waals surface area contributed by atoms with E-state index in [1.807, 2.05) is 6.92 Å². The van der Waals surface area contributed by atoms with Crippen LogP contribution < -0.4 is 0 Å². The third kappa shape index (κ3) is 2.06. The van der Waals surface area contributed by atoms with Gasteiger partial charge in [0.15, 0.2) is 0 Å². The van der Waals surface area contributed by atoms with E-state index in [1.54, 1.807) is 0 Å². The number of aliphatic hydroxyl groups excluding tert-OH is 1. The van der Waals surface area contributed by atoms with Crippen molar-refractivity contribution < 1.29 is 5.11 Å². The minimum absolute atomic E-state index is 0.128. The molecule has 1 N–H and O–H groups in total. The molecule has 1 aliphatic rings. The van der Waals surface area contributed by atoms with Crippen molar-refractivity contribution >= 4 is 0 Å². The van der Waals surface area contributed by atoms with E-state index in [-0.39, 0.29) is 6.10 Å². The second-order valence-corrected chi connectivity index (χ2v) is 3.94. The van der Waals surface area contributed by atoms with Gasteiger partial charge in [-0.15, -0.1) is 0 Å². The van der Waals surface area contributed by atoms with Crippen molar-refractivity contribution in [1.82, 2.24) is 0 Å². The lowest BCUT2D eigenvalue weighted by molar-refractivity contribution is 0.0656. The largest absolute Gasteiger partial charge is 0.392 e. The van der Waals surface area contributed by atoms with Gasteiger partial charge in [0.05, 0.1) is 6.10 Å². The van der Waals surface area contributed by atoms with E-state index in [2.05, 4.69) is 13.5 Å². The molecule has 0 bridgehead atoms. The van der Waals surface area contributed by atoms with Crippen molar-refractivity contribution in [3.63, 3.8) is 0 Å². The van der Waals surface area contributed by atoms with Gasteiger partial charge in [-0.25, -0.2) is 0 Å². The zero-order chi connectivity index (χ0) is 8.43. The Kier molecular flexibility index (Phi) is 2.72. The fourth-order valence-electron chi connectivity index (χ4n) is 1.93. The summed E-state index contributed by atoms with van der Waals surface area (Å²) in [5.41, 5.74) is 1.14. The van der Waals surface area contributed by atoms with Crippen LogP contribution in [-0.2, 0) is 0 Å². The Balaban J connectivity index is 2.50. The monoisotopic (exact) mass is 154 g/mol. The molecular formula is C10H18O. The standard InChI is InChI=1S/C10H18O/c1-7(2)9-5-4-8(3)6-10(9)11/h8-11H,1,4-6H2,2-3H3/t8-,9-,10?/m0/s1. The first-order valence-electron chi connectivity index (χ1n) is 4.44. The van der Waals surface area contributed by atoms with Crippen LogP contribution in [0.3, 0.4) is 0 Å². The quantitative estimate of drug-likeness (QED) is 0.575. The summed E-state index contributed by atoms with van der Waals surface area (Å²) in [6, 6.07) is 0. The highest BCUT2D eigenvalue weighted by atomic mass is 16.3. The fraction of sp³-hybridized carbons (Fsp3) is 0.800. The zero-order valence-corrected chi connectivity index (χ0v) is 7.51. The van der Waals surface area contributed by atoms with Crippen LogP contribution in [0.1, 0.15) is 33.1 Å². The van der Waals surface area contributed by atoms with Gasteiger partial charge < -0.3 is 5.11 Å². The molecule has 64 valence electrons. The molecule has 1 rings (SSSR count). The van der Waals surface area contributed by atoms with E-state index in [4.69, 9.17) is 0 Å². The maximum absolute atomic E-state index is 9.65. The third-order valence-corrected chi connectivity index (χ3v) is 2.71. The van der Waals surface area contributed by atoms with Gasteiger partial charge in [-0.2, -0.15) is 0 Å². The molecule has 1 heteroatoms. The molecule has 0 aromatic rings. The molecule has 0 aromatic heterocycles. The van der Waals surface area contributed by atoms with E-state index in [9.17, 15) is 5.11 Å². The number of rotatable bonds is 1. The van der Waals surface area contributed by atoms with Crippen LogP contribution in [0.5, 0.6) is 0 Å². The number of hydrogen-bond donors (Lipinski definition) is 1. The normalized spacial score (nSPS) is 38.6. The van der Waals surface area contributed by atoms with Crippen LogP contribution >= 0.6 is 0 Å². The molecule has 3 atom stereocenters. The molecule has 11 heavy (non-hydrogen) atoms. The molecule has 0 amide bonds. The van der Waals surface area contributed by atoms with Crippen molar-refractivity contribution in [3.05, 3.63) is 12.2 Å². The Hall–Kier alpha value is -0.300. The predicted octanol–water partition coefficient (Wildman–Crippen LogP) is 2.36. The SMILES string of the molecule is C=C(C)[C@@H]1CC[C@H](C)CC1O. The zero-order valence-electron chi connectivity index (χ0n) is 7.51. The lowest BCUT2D eigenvalue weighted by Crippen LogP contribution is -2.28. The van der Waals surface area contributed by atoms with E-state index in [0.29, 0.717) is 11.8 Å². The average molecular weight is 154 g/mol. The van der Waals surface area contributed by atoms with Crippen LogP contribution in [-0.4, -0.2) is 11.2 Å². The van der Waals surface area contributed by atoms with Crippen LogP contribution in [0, 0.1) is 11.8 Å². The highest BCUT2D eigenvalue weighted by molar-refractivity contribution is 5.01. The molecule has 1 unspecified atom stereocenters. The lowest BCUT2D eigenvalue weighted by Gasteiger charge is -2.31. The Bertz CT molecular complexity index is 151. The third-order valence-electron chi connectivity index (χ3n) is 2.71. The fourth-order valence-corrected chi connectivity index (χ4v) is 1.93. The minimum Gasteiger partial charge on any atom is -0.392 e. The van der Waals surface area contributed by atoms with Crippen molar-refractivity contribution in [2.45, 2.75) is 39.2 Å². The van der Waals surface area contributed by atoms with E-state index in [0.717, 1.165) is 18.4 Å². The molecule has 1 aliphatic carbocycles. The first-order valence-corrected chi connectivity index (χ1v) is 4.44. The summed E-state index contributed by atoms with van der Waals surface area (Å²) < 4.78 is 0. The van der Waals surface area contributed by atoms with E-state index < -0.39 is 0 Å². The predicted molar refractivity (Wildman–Crippen MR) is 47.3 cm³/mol. The average Bonchev–Trinajstić information content (AvgIpc) is 1.85. The molecule has 1 fully saturated rings. The molecule has 0 heterocycles. The van der Waals surface area contributed by atoms with Crippen molar-refractivity contribution in [1.29, 1.82) is 0 Å². The first-order chi connectivity index (χ1) is 5.11. The van der Waals surface area contributed by atoms with E-state index >= 15 is 0 Å². The topological polar surface area (TPSA) is 20.2 Å². The van der Waals surface area contributed by atoms with E-state index in [1.165, 1.54) is 6.42 Å². The maximum Gasteiger partial charge on any atom is 0.0607 e. The molecule has 0 saturated heterocycles. The smallest absolute Gasteiger partial charge is 0.0607 e. The molecule has 0 radical (unpaired) electrons. The number of aliphatic hydroxyl groups is 1. The molecule has 0 aromatic carbocycles. The molecular weight excluding hydrogens is 136 g/mol. The molecule has 0 spiro atoms. The summed E-state index contributed by atoms with van der Waals surface area (Å²) in [5.74, 6) is 1.06. The van der Waals surface area contributed by atoms with Gasteiger partial charge in [-0.3, -0.25) is 0 Å². The second kappa shape index (κ2) is 3.40. The van der Waals surface area contributed by atoms with Gasteiger partial charge in [-0.1, -0.05) is 19.1 Å². The Morgan fingerprint density at radius 1 is 1.45 bits per heavy atom. The molecule has 0 aliphatic heterocycles. The van der Waals surface area contributed by atoms with Gasteiger partial charge >= 0.3 is 0 Å². The highest BCUT2D eigenvalue weighted by Gasteiger charge is 2.26. The summed E-state index contributed by atoms with van der Waals surface area (Å²) in [4.78, 5) is 0. The summed E-state index contributed by atoms with van der Waals surface area (Å²) in [7, 11) is 0. The second-order valence-electron chi connectivity index (χ2n) is 3.94. The molecule has 1 nitrogen and oxygen atoms in total. The lowest BCUT2D eigenvalue weighted by atomic mass is 9.78. The first kappa shape index (κ1) is 8.79. The highest BCUT2D eigenvalue weighted by Crippen LogP contribution is 2.32. The summed E-state index contributed by atoms with van der Waals surface area (Å²) in [6.45, 7) is 8.12. The Morgan fingerprint density at radius 2 is 2.09 bits per heavy atom. The number of hydrogen-bond acceptors (Lipinski definition) is 1. The van der Waals surface area contributed by atoms with Gasteiger partial charge in [0.2, 0.25) is 0 Å². The summed E-state index contributed by atoms with van der Waals surface area (Å²) >= 11 is 0. The minimum atomic E-state index is -0.128. The van der Waals surface area contributed by atoms with Crippen LogP contribution in [0.4, 0.5) is 0 Å². The molecule has 1 saturated carbocycles. The van der Waals surface area contributed by atoms with Gasteiger partial charge in [-0.05, 0) is 32.1 Å². The van der Waals surface area contributed by atoms with Gasteiger partial charge in [0.25, 0.3) is 0 Å². The summed E-state index contributed by atoms with van der Waals surface area (Å²) in [6.07, 6.45) is 3.19. The maximum atomic E-state index is 9.65. The van der Waals surface area contributed by atoms with Crippen molar-refractivity contribution in [3.8, 4) is 0 Å². The Morgan fingerprint density at radius 3 is 2.55 bits per heavy atom. The van der Waals surface area contributed by atoms with Crippen LogP contribution in [0.15, 0.2) is 12.2 Å². The van der Waals surface area contributed by atoms with Crippen LogP contribution in [0.2, 0.25) is 0 Å². The van der Waals surface area contributed by atoms with Crippen LogP contribution in [0.25, 0.3) is 0 Å². The summed E-state index contributed by atoms with van der Waals surface area (Å²) in [5, 5.41) is 9.65. The Labute approximate surface area is 69.1 Å². The van der Waals surface area contributed by atoms with Gasteiger partial charge in [0, 0.05) is 5.92 Å². The van der Waals surface area contributed by atoms with Crippen molar-refractivity contribution in [2.24, 2.45) is 11.8 Å². The van der Waals surface area contributed by atoms with Crippen molar-refractivity contribution in [2.75, 3.05) is 0 Å².